The van der Waals surface area contributed by atoms with E-state index in [1.165, 1.54) is 5.69 Å². The molecule has 6 heteroatoms. The van der Waals surface area contributed by atoms with Gasteiger partial charge in [0, 0.05) is 56.9 Å². The topological polar surface area (TPSA) is 72.9 Å². The second-order valence-electron chi connectivity index (χ2n) is 7.41. The number of piperazine rings is 1. The Morgan fingerprint density at radius 3 is 2.24 bits per heavy atom. The van der Waals surface area contributed by atoms with Crippen molar-refractivity contribution in [2.45, 2.75) is 25.7 Å². The third-order valence-corrected chi connectivity index (χ3v) is 5.24. The normalized spacial score (nSPS) is 14.6. The predicted octanol–water partition coefficient (Wildman–Crippen LogP) is 3.24. The summed E-state index contributed by atoms with van der Waals surface area (Å²) in [5.74, 6) is -0.746. The highest BCUT2D eigenvalue weighted by Gasteiger charge is 2.17. The summed E-state index contributed by atoms with van der Waals surface area (Å²) in [4.78, 5) is 27.5. The lowest BCUT2D eigenvalue weighted by Gasteiger charge is -2.36. The Morgan fingerprint density at radius 2 is 1.59 bits per heavy atom. The first kappa shape index (κ1) is 20.9. The number of para-hydroxylation sites is 1. The highest BCUT2D eigenvalue weighted by molar-refractivity contribution is 5.90. The average molecular weight is 396 g/mol. The molecule has 3 rings (SSSR count). The quantitative estimate of drug-likeness (QED) is 0.682. The molecule has 2 aromatic rings. The molecule has 2 N–H and O–H groups in total. The number of aryl methyl sites for hydroxylation is 1. The predicted molar refractivity (Wildman–Crippen MR) is 115 cm³/mol. The van der Waals surface area contributed by atoms with Gasteiger partial charge in [0.15, 0.2) is 0 Å². The minimum Gasteiger partial charge on any atom is -0.481 e. The van der Waals surface area contributed by atoms with Crippen molar-refractivity contribution in [2.75, 3.05) is 42.9 Å². The van der Waals surface area contributed by atoms with E-state index in [1.54, 1.807) is 0 Å². The van der Waals surface area contributed by atoms with Crippen LogP contribution < -0.4 is 10.2 Å². The first-order valence-electron chi connectivity index (χ1n) is 10.2. The number of carboxylic acid groups (broad SMARTS) is 1. The van der Waals surface area contributed by atoms with E-state index < -0.39 is 5.97 Å². The molecular formula is C23H29N3O3. The van der Waals surface area contributed by atoms with E-state index in [9.17, 15) is 9.59 Å². The Bertz CT molecular complexity index is 785. The van der Waals surface area contributed by atoms with E-state index in [0.29, 0.717) is 12.8 Å². The van der Waals surface area contributed by atoms with E-state index in [-0.39, 0.29) is 12.3 Å². The van der Waals surface area contributed by atoms with Gasteiger partial charge in [-0.05, 0) is 42.7 Å². The fourth-order valence-corrected chi connectivity index (χ4v) is 3.55. The molecule has 6 nitrogen and oxygen atoms in total. The monoisotopic (exact) mass is 395 g/mol. The van der Waals surface area contributed by atoms with Crippen molar-refractivity contribution in [2.24, 2.45) is 0 Å². The molecule has 0 atom stereocenters. The molecule has 1 aliphatic rings. The zero-order chi connectivity index (χ0) is 20.5. The highest BCUT2D eigenvalue weighted by atomic mass is 16.4. The lowest BCUT2D eigenvalue weighted by atomic mass is 10.1. The number of nitrogens with zero attached hydrogens (tertiary/aromatic N) is 2. The van der Waals surface area contributed by atoms with Gasteiger partial charge in [-0.3, -0.25) is 14.5 Å². The standard InChI is InChI=1S/C23H29N3O3/c27-22(24-20-11-9-19(10-12-20)5-4-8-23(28)29)13-14-25-15-17-26(18-16-25)21-6-2-1-3-7-21/h1-3,6-7,9-12H,4-5,8,13-18H2,(H,24,27)(H,28,29). The van der Waals surface area contributed by atoms with Crippen LogP contribution in [0.15, 0.2) is 54.6 Å². The largest absolute Gasteiger partial charge is 0.481 e. The summed E-state index contributed by atoms with van der Waals surface area (Å²) in [6.07, 6.45) is 2.01. The molecule has 1 saturated heterocycles. The zero-order valence-electron chi connectivity index (χ0n) is 16.7. The summed E-state index contributed by atoms with van der Waals surface area (Å²) in [7, 11) is 0. The Hall–Kier alpha value is -2.86. The summed E-state index contributed by atoms with van der Waals surface area (Å²) >= 11 is 0. The van der Waals surface area contributed by atoms with E-state index in [0.717, 1.165) is 50.4 Å². The number of aliphatic carboxylic acids is 1. The van der Waals surface area contributed by atoms with Gasteiger partial charge >= 0.3 is 5.97 Å². The van der Waals surface area contributed by atoms with Crippen LogP contribution in [0.1, 0.15) is 24.8 Å². The van der Waals surface area contributed by atoms with E-state index in [2.05, 4.69) is 39.4 Å². The van der Waals surface area contributed by atoms with Crippen LogP contribution in [0.2, 0.25) is 0 Å². The molecule has 1 heterocycles. The molecule has 0 radical (unpaired) electrons. The third-order valence-electron chi connectivity index (χ3n) is 5.24. The summed E-state index contributed by atoms with van der Waals surface area (Å²) < 4.78 is 0. The smallest absolute Gasteiger partial charge is 0.303 e. The summed E-state index contributed by atoms with van der Waals surface area (Å²) in [6.45, 7) is 4.66. The Labute approximate surface area is 172 Å². The zero-order valence-corrected chi connectivity index (χ0v) is 16.7. The van der Waals surface area contributed by atoms with Gasteiger partial charge in [-0.25, -0.2) is 0 Å². The number of hydrogen-bond donors (Lipinski definition) is 2. The number of nitrogens with one attached hydrogen (secondary N) is 1. The first-order chi connectivity index (χ1) is 14.1. The van der Waals surface area contributed by atoms with Gasteiger partial charge in [0.1, 0.15) is 0 Å². The van der Waals surface area contributed by atoms with Crippen molar-refractivity contribution >= 4 is 23.3 Å². The van der Waals surface area contributed by atoms with Crippen LogP contribution in [0.3, 0.4) is 0 Å². The average Bonchev–Trinajstić information content (AvgIpc) is 2.74. The van der Waals surface area contributed by atoms with Crippen molar-refractivity contribution < 1.29 is 14.7 Å². The van der Waals surface area contributed by atoms with Crippen LogP contribution in [0, 0.1) is 0 Å². The number of benzene rings is 2. The summed E-state index contributed by atoms with van der Waals surface area (Å²) in [6, 6.07) is 18.1. The molecule has 154 valence electrons. The molecule has 0 saturated carbocycles. The van der Waals surface area contributed by atoms with Gasteiger partial charge in [-0.2, -0.15) is 0 Å². The molecule has 1 amide bonds. The number of amides is 1. The SMILES string of the molecule is O=C(O)CCCc1ccc(NC(=O)CCN2CCN(c3ccccc3)CC2)cc1. The Balaban J connectivity index is 1.35. The summed E-state index contributed by atoms with van der Waals surface area (Å²) in [5.41, 5.74) is 3.13. The van der Waals surface area contributed by atoms with Crippen molar-refractivity contribution in [3.8, 4) is 0 Å². The van der Waals surface area contributed by atoms with Crippen molar-refractivity contribution in [3.63, 3.8) is 0 Å². The molecule has 0 spiro atoms. The molecule has 0 unspecified atom stereocenters. The lowest BCUT2D eigenvalue weighted by Crippen LogP contribution is -2.47. The van der Waals surface area contributed by atoms with Gasteiger partial charge in [0.05, 0.1) is 0 Å². The van der Waals surface area contributed by atoms with Crippen LogP contribution in [0.4, 0.5) is 11.4 Å². The Morgan fingerprint density at radius 1 is 0.897 bits per heavy atom. The molecule has 0 aromatic heterocycles. The molecule has 0 aliphatic carbocycles. The van der Waals surface area contributed by atoms with Gasteiger partial charge in [0.2, 0.25) is 5.91 Å². The van der Waals surface area contributed by atoms with Crippen LogP contribution in [0.5, 0.6) is 0 Å². The van der Waals surface area contributed by atoms with E-state index >= 15 is 0 Å². The molecular weight excluding hydrogens is 366 g/mol. The first-order valence-corrected chi connectivity index (χ1v) is 10.2. The van der Waals surface area contributed by atoms with Gasteiger partial charge < -0.3 is 15.3 Å². The fraction of sp³-hybridized carbons (Fsp3) is 0.391. The Kier molecular flexibility index (Phi) is 7.64. The lowest BCUT2D eigenvalue weighted by molar-refractivity contribution is -0.137. The van der Waals surface area contributed by atoms with Crippen molar-refractivity contribution in [1.29, 1.82) is 0 Å². The van der Waals surface area contributed by atoms with Crippen molar-refractivity contribution in [3.05, 3.63) is 60.2 Å². The fourth-order valence-electron chi connectivity index (χ4n) is 3.55. The van der Waals surface area contributed by atoms with Gasteiger partial charge in [-0.1, -0.05) is 30.3 Å². The number of carbonyl (C=O) groups is 2. The number of rotatable bonds is 9. The van der Waals surface area contributed by atoms with Crippen LogP contribution in [-0.2, 0) is 16.0 Å². The van der Waals surface area contributed by atoms with E-state index in [4.69, 9.17) is 5.11 Å². The van der Waals surface area contributed by atoms with Gasteiger partial charge in [-0.15, -0.1) is 0 Å². The van der Waals surface area contributed by atoms with Gasteiger partial charge in [0.25, 0.3) is 0 Å². The number of anilines is 2. The second kappa shape index (κ2) is 10.6. The number of hydrogen-bond acceptors (Lipinski definition) is 4. The maximum absolute atomic E-state index is 12.3. The van der Waals surface area contributed by atoms with Crippen molar-refractivity contribution in [1.82, 2.24) is 4.90 Å². The number of carboxylic acids is 1. The molecule has 0 bridgehead atoms. The van der Waals surface area contributed by atoms with Crippen LogP contribution >= 0.6 is 0 Å². The summed E-state index contributed by atoms with van der Waals surface area (Å²) in [5, 5.41) is 11.6. The van der Waals surface area contributed by atoms with Crippen LogP contribution in [-0.4, -0.2) is 54.6 Å². The molecule has 2 aromatic carbocycles. The molecule has 1 aliphatic heterocycles. The van der Waals surface area contributed by atoms with E-state index in [1.807, 2.05) is 30.3 Å². The molecule has 1 fully saturated rings. The number of carbonyl (C=O) groups excluding carboxylic acids is 1. The minimum atomic E-state index is -0.768. The molecule has 29 heavy (non-hydrogen) atoms. The maximum atomic E-state index is 12.3. The third kappa shape index (κ3) is 6.91. The maximum Gasteiger partial charge on any atom is 0.303 e. The second-order valence-corrected chi connectivity index (χ2v) is 7.41. The van der Waals surface area contributed by atoms with Crippen LogP contribution in [0.25, 0.3) is 0 Å². The minimum absolute atomic E-state index is 0.0223. The highest BCUT2D eigenvalue weighted by Crippen LogP contribution is 2.16.